The minimum atomic E-state index is -1.30. The van der Waals surface area contributed by atoms with E-state index in [4.69, 9.17) is 14.7 Å². The number of nitrogens with zero attached hydrogens (tertiary/aromatic N) is 1. The highest BCUT2D eigenvalue weighted by molar-refractivity contribution is 5.42. The topological polar surface area (TPSA) is 62.5 Å². The van der Waals surface area contributed by atoms with E-state index in [1.807, 2.05) is 12.1 Å². The van der Waals surface area contributed by atoms with Crippen molar-refractivity contribution >= 4 is 0 Å². The van der Waals surface area contributed by atoms with Crippen LogP contribution in [0.25, 0.3) is 0 Å². The molecule has 0 saturated carbocycles. The molecule has 0 fully saturated rings. The molecule has 1 aliphatic heterocycles. The summed E-state index contributed by atoms with van der Waals surface area (Å²) in [6.45, 7) is 1.55. The molecule has 1 N–H and O–H groups in total. The van der Waals surface area contributed by atoms with Crippen molar-refractivity contribution in [1.82, 2.24) is 0 Å². The molecule has 0 aromatic heterocycles. The average Bonchev–Trinajstić information content (AvgIpc) is 2.28. The van der Waals surface area contributed by atoms with Crippen molar-refractivity contribution in [2.24, 2.45) is 0 Å². The number of aliphatic hydroxyl groups excluding tert-OH is 1. The molecule has 0 saturated heterocycles. The molecule has 0 radical (unpaired) electrons. The Bertz CT molecular complexity index is 411. The zero-order chi connectivity index (χ0) is 10.9. The lowest BCUT2D eigenvalue weighted by molar-refractivity contribution is -0.0504. The van der Waals surface area contributed by atoms with Gasteiger partial charge in [0.2, 0.25) is 0 Å². The Balaban J connectivity index is 2.36. The molecular formula is C11H11NO3. The van der Waals surface area contributed by atoms with E-state index in [0.717, 1.165) is 0 Å². The summed E-state index contributed by atoms with van der Waals surface area (Å²) < 4.78 is 10.9. The van der Waals surface area contributed by atoms with Gasteiger partial charge >= 0.3 is 0 Å². The third kappa shape index (κ3) is 1.51. The van der Waals surface area contributed by atoms with Crippen LogP contribution in [-0.4, -0.2) is 23.4 Å². The molecule has 0 aliphatic carbocycles. The van der Waals surface area contributed by atoms with E-state index in [2.05, 4.69) is 0 Å². The zero-order valence-corrected chi connectivity index (χ0v) is 8.30. The van der Waals surface area contributed by atoms with Gasteiger partial charge in [0.1, 0.15) is 18.8 Å². The van der Waals surface area contributed by atoms with Gasteiger partial charge in [-0.15, -0.1) is 0 Å². The van der Waals surface area contributed by atoms with Crippen molar-refractivity contribution in [1.29, 1.82) is 5.26 Å². The lowest BCUT2D eigenvalue weighted by atomic mass is 9.99. The fourth-order valence-electron chi connectivity index (χ4n) is 1.42. The van der Waals surface area contributed by atoms with Crippen LogP contribution in [0.15, 0.2) is 24.3 Å². The number of ether oxygens (including phenoxy) is 2. The predicted octanol–water partition coefficient (Wildman–Crippen LogP) is 1.10. The molecule has 78 valence electrons. The minimum Gasteiger partial charge on any atom is -0.484 e. The first-order valence-corrected chi connectivity index (χ1v) is 4.68. The van der Waals surface area contributed by atoms with Crippen LogP contribution in [0.5, 0.6) is 11.5 Å². The fraction of sp³-hybridized carbons (Fsp3) is 0.364. The molecular weight excluding hydrogens is 194 g/mol. The Morgan fingerprint density at radius 3 is 2.73 bits per heavy atom. The SMILES string of the molecule is CC(O)C1(C#N)COc2ccccc2O1. The number of para-hydroxylation sites is 2. The monoisotopic (exact) mass is 205 g/mol. The Hall–Kier alpha value is -1.73. The van der Waals surface area contributed by atoms with E-state index >= 15 is 0 Å². The Kier molecular flexibility index (Phi) is 2.25. The van der Waals surface area contributed by atoms with Gasteiger partial charge in [0.05, 0.1) is 0 Å². The molecule has 15 heavy (non-hydrogen) atoms. The van der Waals surface area contributed by atoms with Gasteiger partial charge in [-0.2, -0.15) is 5.26 Å². The standard InChI is InChI=1S/C11H11NO3/c1-8(13)11(6-12)7-14-9-4-2-3-5-10(9)15-11/h2-5,8,13H,7H2,1H3. The molecule has 4 nitrogen and oxygen atoms in total. The highest BCUT2D eigenvalue weighted by Crippen LogP contribution is 2.35. The van der Waals surface area contributed by atoms with Crippen LogP contribution in [0.4, 0.5) is 0 Å². The lowest BCUT2D eigenvalue weighted by Crippen LogP contribution is -2.51. The van der Waals surface area contributed by atoms with Crippen LogP contribution < -0.4 is 9.47 Å². The summed E-state index contributed by atoms with van der Waals surface area (Å²) in [5.41, 5.74) is -1.30. The average molecular weight is 205 g/mol. The van der Waals surface area contributed by atoms with Gasteiger partial charge in [0, 0.05) is 0 Å². The van der Waals surface area contributed by atoms with E-state index in [0.29, 0.717) is 11.5 Å². The second kappa shape index (κ2) is 3.44. The molecule has 4 heteroatoms. The molecule has 0 amide bonds. The summed E-state index contributed by atoms with van der Waals surface area (Å²) in [7, 11) is 0. The first kappa shape index (κ1) is 9.81. The quantitative estimate of drug-likeness (QED) is 0.745. The molecule has 2 unspecified atom stereocenters. The maximum atomic E-state index is 9.53. The van der Waals surface area contributed by atoms with Gasteiger partial charge in [0.25, 0.3) is 5.60 Å². The van der Waals surface area contributed by atoms with E-state index in [9.17, 15) is 5.11 Å². The third-order valence-electron chi connectivity index (χ3n) is 2.45. The van der Waals surface area contributed by atoms with Crippen molar-refractivity contribution in [3.8, 4) is 17.6 Å². The van der Waals surface area contributed by atoms with Crippen molar-refractivity contribution < 1.29 is 14.6 Å². The maximum absolute atomic E-state index is 9.53. The van der Waals surface area contributed by atoms with Crippen LogP contribution in [0.1, 0.15) is 6.92 Å². The highest BCUT2D eigenvalue weighted by atomic mass is 16.6. The van der Waals surface area contributed by atoms with E-state index in [1.165, 1.54) is 6.92 Å². The minimum absolute atomic E-state index is 0.0399. The second-order valence-corrected chi connectivity index (χ2v) is 3.51. The van der Waals surface area contributed by atoms with Crippen molar-refractivity contribution in [2.75, 3.05) is 6.61 Å². The molecule has 2 atom stereocenters. The van der Waals surface area contributed by atoms with Crippen molar-refractivity contribution in [3.63, 3.8) is 0 Å². The predicted molar refractivity (Wildman–Crippen MR) is 52.6 cm³/mol. The van der Waals surface area contributed by atoms with Crippen molar-refractivity contribution in [3.05, 3.63) is 24.3 Å². The van der Waals surface area contributed by atoms with Gasteiger partial charge in [0.15, 0.2) is 11.5 Å². The molecule has 1 aromatic rings. The molecule has 1 aliphatic rings. The Morgan fingerprint density at radius 1 is 1.47 bits per heavy atom. The van der Waals surface area contributed by atoms with E-state index in [-0.39, 0.29) is 6.61 Å². The summed E-state index contributed by atoms with van der Waals surface area (Å²) in [6.07, 6.45) is -0.907. The smallest absolute Gasteiger partial charge is 0.252 e. The molecule has 2 rings (SSSR count). The van der Waals surface area contributed by atoms with Crippen LogP contribution >= 0.6 is 0 Å². The first-order chi connectivity index (χ1) is 7.18. The maximum Gasteiger partial charge on any atom is 0.252 e. The molecule has 0 bridgehead atoms. The van der Waals surface area contributed by atoms with Crippen LogP contribution in [0.2, 0.25) is 0 Å². The second-order valence-electron chi connectivity index (χ2n) is 3.51. The third-order valence-corrected chi connectivity index (χ3v) is 2.45. The summed E-state index contributed by atoms with van der Waals surface area (Å²) in [5, 5.41) is 18.5. The highest BCUT2D eigenvalue weighted by Gasteiger charge is 2.42. The van der Waals surface area contributed by atoms with Gasteiger partial charge < -0.3 is 14.6 Å². The molecule has 0 spiro atoms. The number of hydrogen-bond acceptors (Lipinski definition) is 4. The normalized spacial score (nSPS) is 25.4. The van der Waals surface area contributed by atoms with Crippen molar-refractivity contribution in [2.45, 2.75) is 18.6 Å². The molecule has 1 heterocycles. The Morgan fingerprint density at radius 2 is 2.13 bits per heavy atom. The zero-order valence-electron chi connectivity index (χ0n) is 8.30. The number of nitriles is 1. The van der Waals surface area contributed by atoms with Gasteiger partial charge in [-0.3, -0.25) is 0 Å². The van der Waals surface area contributed by atoms with Gasteiger partial charge in [-0.1, -0.05) is 12.1 Å². The number of hydrogen-bond donors (Lipinski definition) is 1. The number of aliphatic hydroxyl groups is 1. The first-order valence-electron chi connectivity index (χ1n) is 4.68. The molecule has 1 aromatic carbocycles. The summed E-state index contributed by atoms with van der Waals surface area (Å²) in [4.78, 5) is 0. The van der Waals surface area contributed by atoms with E-state index < -0.39 is 11.7 Å². The van der Waals surface area contributed by atoms with E-state index in [1.54, 1.807) is 18.2 Å². The number of rotatable bonds is 1. The largest absolute Gasteiger partial charge is 0.484 e. The van der Waals surface area contributed by atoms with Gasteiger partial charge in [-0.25, -0.2) is 0 Å². The summed E-state index contributed by atoms with van der Waals surface area (Å²) >= 11 is 0. The Labute approximate surface area is 87.7 Å². The van der Waals surface area contributed by atoms with Crippen LogP contribution in [0, 0.1) is 11.3 Å². The van der Waals surface area contributed by atoms with Crippen LogP contribution in [-0.2, 0) is 0 Å². The van der Waals surface area contributed by atoms with Gasteiger partial charge in [-0.05, 0) is 19.1 Å². The van der Waals surface area contributed by atoms with Crippen LogP contribution in [0.3, 0.4) is 0 Å². The summed E-state index contributed by atoms with van der Waals surface area (Å²) in [5.74, 6) is 1.09. The fourth-order valence-corrected chi connectivity index (χ4v) is 1.42. The number of benzene rings is 1. The summed E-state index contributed by atoms with van der Waals surface area (Å²) in [6, 6.07) is 9.05. The number of fused-ring (bicyclic) bond motifs is 1. The lowest BCUT2D eigenvalue weighted by Gasteiger charge is -2.34.